The summed E-state index contributed by atoms with van der Waals surface area (Å²) in [6.45, 7) is 2.29. The number of benzene rings is 1. The summed E-state index contributed by atoms with van der Waals surface area (Å²) in [5, 5.41) is 10.2. The molecule has 146 valence electrons. The molecule has 0 bridgehead atoms. The number of carbonyl (C=O) groups excluding carboxylic acids is 2. The Morgan fingerprint density at radius 1 is 1.25 bits per heavy atom. The highest BCUT2D eigenvalue weighted by molar-refractivity contribution is 7.99. The molecular weight excluding hydrogens is 378 g/mol. The number of nitrogens with zero attached hydrogens (tertiary/aromatic N) is 3. The maximum Gasteiger partial charge on any atom is 0.239 e. The van der Waals surface area contributed by atoms with Crippen molar-refractivity contribution in [3.63, 3.8) is 0 Å². The Morgan fingerprint density at radius 2 is 2.04 bits per heavy atom. The standard InChI is InChI=1S/C19H21N5O3S/c1-13-5-7-14(8-6-13)18-21-19(23-22-18)28-12-17(26)24(2)11-16(25)20-10-15-4-3-9-27-15/h3-9H,10-12H2,1-2H3,(H,20,25)(H,21,22,23). The molecule has 2 aromatic heterocycles. The number of furan rings is 1. The number of hydrogen-bond acceptors (Lipinski definition) is 6. The number of carbonyl (C=O) groups is 2. The molecule has 1 aromatic carbocycles. The van der Waals surface area contributed by atoms with Crippen molar-refractivity contribution in [2.24, 2.45) is 0 Å². The lowest BCUT2D eigenvalue weighted by Gasteiger charge is -2.15. The summed E-state index contributed by atoms with van der Waals surface area (Å²) in [6.07, 6.45) is 1.54. The van der Waals surface area contributed by atoms with Gasteiger partial charge in [-0.25, -0.2) is 4.98 Å². The second-order valence-electron chi connectivity index (χ2n) is 6.23. The van der Waals surface area contributed by atoms with Gasteiger partial charge in [0.05, 0.1) is 25.1 Å². The van der Waals surface area contributed by atoms with Gasteiger partial charge in [-0.2, -0.15) is 0 Å². The van der Waals surface area contributed by atoms with Gasteiger partial charge in [-0.15, -0.1) is 5.10 Å². The van der Waals surface area contributed by atoms with Crippen LogP contribution >= 0.6 is 11.8 Å². The van der Waals surface area contributed by atoms with Crippen molar-refractivity contribution < 1.29 is 14.0 Å². The lowest BCUT2D eigenvalue weighted by Crippen LogP contribution is -2.38. The number of rotatable bonds is 8. The van der Waals surface area contributed by atoms with E-state index in [2.05, 4.69) is 20.5 Å². The maximum atomic E-state index is 12.2. The lowest BCUT2D eigenvalue weighted by molar-refractivity contribution is -0.132. The van der Waals surface area contributed by atoms with E-state index in [-0.39, 0.29) is 24.1 Å². The number of amides is 2. The van der Waals surface area contributed by atoms with Crippen molar-refractivity contribution in [2.45, 2.75) is 18.6 Å². The van der Waals surface area contributed by atoms with Crippen LogP contribution in [-0.4, -0.2) is 51.2 Å². The third-order valence-electron chi connectivity index (χ3n) is 3.96. The fourth-order valence-corrected chi connectivity index (χ4v) is 3.09. The fraction of sp³-hybridized carbons (Fsp3) is 0.263. The lowest BCUT2D eigenvalue weighted by atomic mass is 10.1. The van der Waals surface area contributed by atoms with Crippen LogP contribution in [0.4, 0.5) is 0 Å². The molecule has 0 saturated carbocycles. The first kappa shape index (κ1) is 19.7. The molecule has 28 heavy (non-hydrogen) atoms. The summed E-state index contributed by atoms with van der Waals surface area (Å²) < 4.78 is 5.15. The van der Waals surface area contributed by atoms with Gasteiger partial charge in [0, 0.05) is 12.6 Å². The largest absolute Gasteiger partial charge is 0.467 e. The summed E-state index contributed by atoms with van der Waals surface area (Å²) in [5.74, 6) is 1.02. The molecule has 0 atom stereocenters. The molecular formula is C19H21N5O3S. The number of thioether (sulfide) groups is 1. The smallest absolute Gasteiger partial charge is 0.239 e. The highest BCUT2D eigenvalue weighted by Crippen LogP contribution is 2.19. The van der Waals surface area contributed by atoms with E-state index >= 15 is 0 Å². The topological polar surface area (TPSA) is 104 Å². The third-order valence-corrected chi connectivity index (χ3v) is 4.79. The average Bonchev–Trinajstić information content (AvgIpc) is 3.37. The second kappa shape index (κ2) is 9.23. The first-order valence-corrected chi connectivity index (χ1v) is 9.65. The second-order valence-corrected chi connectivity index (χ2v) is 7.17. The van der Waals surface area contributed by atoms with Gasteiger partial charge >= 0.3 is 0 Å². The van der Waals surface area contributed by atoms with E-state index in [1.807, 2.05) is 31.2 Å². The summed E-state index contributed by atoms with van der Waals surface area (Å²) in [6, 6.07) is 11.4. The van der Waals surface area contributed by atoms with E-state index in [0.717, 1.165) is 5.56 Å². The third kappa shape index (κ3) is 5.46. The first-order chi connectivity index (χ1) is 13.5. The summed E-state index contributed by atoms with van der Waals surface area (Å²) in [7, 11) is 1.59. The van der Waals surface area contributed by atoms with Gasteiger partial charge in [0.2, 0.25) is 17.0 Å². The minimum absolute atomic E-state index is 0.0251. The van der Waals surface area contributed by atoms with E-state index < -0.39 is 0 Å². The van der Waals surface area contributed by atoms with Gasteiger partial charge in [0.1, 0.15) is 5.76 Å². The summed E-state index contributed by atoms with van der Waals surface area (Å²) in [5.41, 5.74) is 2.10. The van der Waals surface area contributed by atoms with Crippen molar-refractivity contribution in [1.82, 2.24) is 25.4 Å². The average molecular weight is 399 g/mol. The monoisotopic (exact) mass is 399 g/mol. The van der Waals surface area contributed by atoms with Crippen LogP contribution in [0.1, 0.15) is 11.3 Å². The molecule has 8 nitrogen and oxygen atoms in total. The molecule has 2 heterocycles. The number of likely N-dealkylation sites (N-methyl/N-ethyl adjacent to an activating group) is 1. The van der Waals surface area contributed by atoms with E-state index in [9.17, 15) is 9.59 Å². The van der Waals surface area contributed by atoms with E-state index in [0.29, 0.717) is 23.3 Å². The quantitative estimate of drug-likeness (QED) is 0.563. The molecule has 0 aliphatic carbocycles. The van der Waals surface area contributed by atoms with Crippen molar-refractivity contribution >= 4 is 23.6 Å². The van der Waals surface area contributed by atoms with Crippen LogP contribution in [0.25, 0.3) is 11.4 Å². The molecule has 0 fully saturated rings. The van der Waals surface area contributed by atoms with Gasteiger partial charge < -0.3 is 14.6 Å². The molecule has 3 rings (SSSR count). The van der Waals surface area contributed by atoms with Crippen LogP contribution in [0.3, 0.4) is 0 Å². The van der Waals surface area contributed by atoms with Crippen molar-refractivity contribution in [3.05, 3.63) is 54.0 Å². The Labute approximate surface area is 166 Å². The van der Waals surface area contributed by atoms with Crippen LogP contribution in [0.2, 0.25) is 0 Å². The molecule has 0 aliphatic heterocycles. The Kier molecular flexibility index (Phi) is 6.49. The zero-order valence-corrected chi connectivity index (χ0v) is 16.5. The van der Waals surface area contributed by atoms with Gasteiger partial charge in [0.15, 0.2) is 5.82 Å². The molecule has 0 radical (unpaired) electrons. The number of H-pyrrole nitrogens is 1. The van der Waals surface area contributed by atoms with Gasteiger partial charge in [0.25, 0.3) is 0 Å². The first-order valence-electron chi connectivity index (χ1n) is 8.66. The number of aromatic nitrogens is 3. The molecule has 0 spiro atoms. The normalized spacial score (nSPS) is 10.6. The minimum atomic E-state index is -0.253. The Bertz CT molecular complexity index is 921. The molecule has 2 N–H and O–H groups in total. The Morgan fingerprint density at radius 3 is 2.75 bits per heavy atom. The maximum absolute atomic E-state index is 12.2. The summed E-state index contributed by atoms with van der Waals surface area (Å²) >= 11 is 1.22. The number of aromatic amines is 1. The van der Waals surface area contributed by atoms with Crippen LogP contribution in [0.15, 0.2) is 52.2 Å². The van der Waals surface area contributed by atoms with Crippen LogP contribution in [0, 0.1) is 6.92 Å². The van der Waals surface area contributed by atoms with E-state index in [1.165, 1.54) is 22.2 Å². The number of nitrogens with one attached hydrogen (secondary N) is 2. The Balaban J connectivity index is 1.44. The van der Waals surface area contributed by atoms with E-state index in [4.69, 9.17) is 4.42 Å². The van der Waals surface area contributed by atoms with Crippen molar-refractivity contribution in [2.75, 3.05) is 19.3 Å². The minimum Gasteiger partial charge on any atom is -0.467 e. The zero-order valence-electron chi connectivity index (χ0n) is 15.6. The SMILES string of the molecule is Cc1ccc(-c2nc(SCC(=O)N(C)CC(=O)NCc3ccco3)n[nH]2)cc1. The molecule has 0 unspecified atom stereocenters. The molecule has 0 aliphatic rings. The summed E-state index contributed by atoms with van der Waals surface area (Å²) in [4.78, 5) is 29.9. The highest BCUT2D eigenvalue weighted by atomic mass is 32.2. The predicted molar refractivity (Wildman–Crippen MR) is 105 cm³/mol. The van der Waals surface area contributed by atoms with Crippen LogP contribution in [0.5, 0.6) is 0 Å². The molecule has 3 aromatic rings. The van der Waals surface area contributed by atoms with Crippen molar-refractivity contribution in [3.8, 4) is 11.4 Å². The Hall–Kier alpha value is -3.07. The molecule has 2 amide bonds. The van der Waals surface area contributed by atoms with Gasteiger partial charge in [-0.3, -0.25) is 14.7 Å². The zero-order chi connectivity index (χ0) is 19.9. The van der Waals surface area contributed by atoms with Gasteiger partial charge in [-0.1, -0.05) is 41.6 Å². The van der Waals surface area contributed by atoms with Crippen LogP contribution in [-0.2, 0) is 16.1 Å². The highest BCUT2D eigenvalue weighted by Gasteiger charge is 2.15. The molecule has 0 saturated heterocycles. The van der Waals surface area contributed by atoms with E-state index in [1.54, 1.807) is 25.4 Å². The van der Waals surface area contributed by atoms with Crippen molar-refractivity contribution in [1.29, 1.82) is 0 Å². The van der Waals surface area contributed by atoms with Crippen LogP contribution < -0.4 is 5.32 Å². The number of hydrogen-bond donors (Lipinski definition) is 2. The fourth-order valence-electron chi connectivity index (χ4n) is 2.35. The predicted octanol–water partition coefficient (Wildman–Crippen LogP) is 2.24. The molecule has 9 heteroatoms. The van der Waals surface area contributed by atoms with Gasteiger partial charge in [-0.05, 0) is 19.1 Å². The number of aryl methyl sites for hydroxylation is 1.